The zero-order valence-electron chi connectivity index (χ0n) is 10.1. The quantitative estimate of drug-likeness (QED) is 0.775. The van der Waals surface area contributed by atoms with Gasteiger partial charge in [-0.2, -0.15) is 0 Å². The number of hydrogen-bond donors (Lipinski definition) is 1. The number of carbonyl (C=O) groups excluding carboxylic acids is 1. The Kier molecular flexibility index (Phi) is 3.38. The number of aromatic nitrogens is 2. The molecule has 1 aromatic rings. The second-order valence-electron chi connectivity index (χ2n) is 4.63. The van der Waals surface area contributed by atoms with Gasteiger partial charge in [0.2, 0.25) is 0 Å². The lowest BCUT2D eigenvalue weighted by Gasteiger charge is -2.34. The number of rotatable bonds is 1. The maximum atomic E-state index is 12.1. The summed E-state index contributed by atoms with van der Waals surface area (Å²) in [5.74, 6) is 0.132. The highest BCUT2D eigenvalue weighted by atomic mass is 16.3. The van der Waals surface area contributed by atoms with Gasteiger partial charge in [0.25, 0.3) is 5.91 Å². The molecule has 5 heteroatoms. The molecule has 92 valence electrons. The minimum Gasteiger partial charge on any atom is -0.391 e. The van der Waals surface area contributed by atoms with Crippen LogP contribution in [0.25, 0.3) is 0 Å². The van der Waals surface area contributed by atoms with Crippen molar-refractivity contribution >= 4 is 5.91 Å². The first-order chi connectivity index (χ1) is 8.08. The third kappa shape index (κ3) is 2.61. The first-order valence-electron chi connectivity index (χ1n) is 5.84. The van der Waals surface area contributed by atoms with Crippen LogP contribution in [0.2, 0.25) is 0 Å². The van der Waals surface area contributed by atoms with Crippen LogP contribution in [0.4, 0.5) is 0 Å². The Hall–Kier alpha value is -1.49. The Bertz CT molecular complexity index is 422. The second-order valence-corrected chi connectivity index (χ2v) is 4.63. The SMILES string of the molecule is Cc1cc(C(=O)N2CCC(C)C(O)C2)ncn1. The lowest BCUT2D eigenvalue weighted by Crippen LogP contribution is -2.46. The first-order valence-corrected chi connectivity index (χ1v) is 5.84. The minimum atomic E-state index is -0.435. The largest absolute Gasteiger partial charge is 0.391 e. The molecule has 0 bridgehead atoms. The highest BCUT2D eigenvalue weighted by Gasteiger charge is 2.28. The maximum absolute atomic E-state index is 12.1. The van der Waals surface area contributed by atoms with Crippen LogP contribution in [0.5, 0.6) is 0 Å². The van der Waals surface area contributed by atoms with Crippen molar-refractivity contribution < 1.29 is 9.90 Å². The predicted octanol–water partition coefficient (Wildman–Crippen LogP) is 0.628. The van der Waals surface area contributed by atoms with E-state index in [1.165, 1.54) is 6.33 Å². The number of aliphatic hydroxyl groups excluding tert-OH is 1. The average Bonchev–Trinajstić information content (AvgIpc) is 2.32. The Balaban J connectivity index is 2.10. The molecule has 1 N–H and O–H groups in total. The van der Waals surface area contributed by atoms with E-state index in [9.17, 15) is 9.90 Å². The zero-order chi connectivity index (χ0) is 12.4. The van der Waals surface area contributed by atoms with E-state index in [1.54, 1.807) is 11.0 Å². The molecule has 1 saturated heterocycles. The normalized spacial score (nSPS) is 24.8. The Morgan fingerprint density at radius 2 is 2.29 bits per heavy atom. The van der Waals surface area contributed by atoms with E-state index in [1.807, 2.05) is 13.8 Å². The topological polar surface area (TPSA) is 66.3 Å². The lowest BCUT2D eigenvalue weighted by molar-refractivity contribution is 0.0245. The molecule has 1 aliphatic rings. The number of amides is 1. The molecule has 0 aliphatic carbocycles. The fraction of sp³-hybridized carbons (Fsp3) is 0.583. The van der Waals surface area contributed by atoms with Crippen LogP contribution in [0.3, 0.4) is 0 Å². The van der Waals surface area contributed by atoms with Gasteiger partial charge in [0.1, 0.15) is 12.0 Å². The van der Waals surface area contributed by atoms with Crippen molar-refractivity contribution in [3.63, 3.8) is 0 Å². The number of aryl methyl sites for hydroxylation is 1. The minimum absolute atomic E-state index is 0.124. The molecule has 0 spiro atoms. The summed E-state index contributed by atoms with van der Waals surface area (Å²) in [6, 6.07) is 1.67. The fourth-order valence-electron chi connectivity index (χ4n) is 1.97. The Morgan fingerprint density at radius 3 is 2.94 bits per heavy atom. The van der Waals surface area contributed by atoms with Crippen molar-refractivity contribution in [2.45, 2.75) is 26.4 Å². The molecule has 2 unspecified atom stereocenters. The van der Waals surface area contributed by atoms with Gasteiger partial charge in [-0.3, -0.25) is 4.79 Å². The van der Waals surface area contributed by atoms with Crippen molar-refractivity contribution in [3.8, 4) is 0 Å². The summed E-state index contributed by atoms with van der Waals surface area (Å²) in [6.07, 6.45) is 1.79. The maximum Gasteiger partial charge on any atom is 0.272 e. The summed E-state index contributed by atoms with van der Waals surface area (Å²) in [5, 5.41) is 9.77. The number of carbonyl (C=O) groups is 1. The summed E-state index contributed by atoms with van der Waals surface area (Å²) < 4.78 is 0. The van der Waals surface area contributed by atoms with E-state index in [4.69, 9.17) is 0 Å². The molecule has 0 radical (unpaired) electrons. The summed E-state index contributed by atoms with van der Waals surface area (Å²) in [5.41, 5.74) is 1.17. The van der Waals surface area contributed by atoms with E-state index in [2.05, 4.69) is 9.97 Å². The molecule has 0 aromatic carbocycles. The number of aliphatic hydroxyl groups is 1. The van der Waals surface area contributed by atoms with Gasteiger partial charge in [0, 0.05) is 18.8 Å². The summed E-state index contributed by atoms with van der Waals surface area (Å²) in [4.78, 5) is 21.7. The van der Waals surface area contributed by atoms with Crippen LogP contribution < -0.4 is 0 Å². The van der Waals surface area contributed by atoms with Gasteiger partial charge in [0.05, 0.1) is 6.10 Å². The van der Waals surface area contributed by atoms with Crippen molar-refractivity contribution in [3.05, 3.63) is 23.8 Å². The summed E-state index contributed by atoms with van der Waals surface area (Å²) in [6.45, 7) is 4.90. The second kappa shape index (κ2) is 4.79. The first kappa shape index (κ1) is 12.0. The number of likely N-dealkylation sites (tertiary alicyclic amines) is 1. The molecule has 2 rings (SSSR count). The Labute approximate surface area is 100 Å². The molecule has 17 heavy (non-hydrogen) atoms. The van der Waals surface area contributed by atoms with Crippen LogP contribution >= 0.6 is 0 Å². The summed E-state index contributed by atoms with van der Waals surface area (Å²) in [7, 11) is 0. The third-order valence-electron chi connectivity index (χ3n) is 3.23. The van der Waals surface area contributed by atoms with Crippen molar-refractivity contribution in [1.29, 1.82) is 0 Å². The van der Waals surface area contributed by atoms with Crippen LogP contribution in [0.15, 0.2) is 12.4 Å². The van der Waals surface area contributed by atoms with Gasteiger partial charge < -0.3 is 10.0 Å². The van der Waals surface area contributed by atoms with E-state index in [0.29, 0.717) is 18.8 Å². The van der Waals surface area contributed by atoms with E-state index < -0.39 is 6.10 Å². The standard InChI is InChI=1S/C12H17N3O2/c1-8-3-4-15(6-11(8)16)12(17)10-5-9(2)13-7-14-10/h5,7-8,11,16H,3-4,6H2,1-2H3. The zero-order valence-corrected chi connectivity index (χ0v) is 10.1. The number of piperidine rings is 1. The molecule has 1 aromatic heterocycles. The van der Waals surface area contributed by atoms with Gasteiger partial charge in [-0.05, 0) is 25.3 Å². The molecular weight excluding hydrogens is 218 g/mol. The van der Waals surface area contributed by atoms with Crippen LogP contribution in [-0.4, -0.2) is 45.1 Å². The molecule has 5 nitrogen and oxygen atoms in total. The highest BCUT2D eigenvalue weighted by molar-refractivity contribution is 5.92. The van der Waals surface area contributed by atoms with Crippen molar-refractivity contribution in [2.75, 3.05) is 13.1 Å². The van der Waals surface area contributed by atoms with Crippen LogP contribution in [0, 0.1) is 12.8 Å². The monoisotopic (exact) mass is 235 g/mol. The number of hydrogen-bond acceptors (Lipinski definition) is 4. The molecule has 0 saturated carbocycles. The summed E-state index contributed by atoms with van der Waals surface area (Å²) >= 11 is 0. The molecule has 1 aliphatic heterocycles. The predicted molar refractivity (Wildman–Crippen MR) is 62.5 cm³/mol. The highest BCUT2D eigenvalue weighted by Crippen LogP contribution is 2.18. The lowest BCUT2D eigenvalue weighted by atomic mass is 9.96. The van der Waals surface area contributed by atoms with Crippen LogP contribution in [-0.2, 0) is 0 Å². The Morgan fingerprint density at radius 1 is 1.53 bits per heavy atom. The van der Waals surface area contributed by atoms with Gasteiger partial charge in [-0.25, -0.2) is 9.97 Å². The van der Waals surface area contributed by atoms with Gasteiger partial charge in [-0.15, -0.1) is 0 Å². The molecular formula is C12H17N3O2. The van der Waals surface area contributed by atoms with Gasteiger partial charge in [-0.1, -0.05) is 6.92 Å². The van der Waals surface area contributed by atoms with Crippen molar-refractivity contribution in [1.82, 2.24) is 14.9 Å². The smallest absolute Gasteiger partial charge is 0.272 e. The van der Waals surface area contributed by atoms with Crippen LogP contribution in [0.1, 0.15) is 29.5 Å². The molecule has 1 fully saturated rings. The van der Waals surface area contributed by atoms with Gasteiger partial charge >= 0.3 is 0 Å². The van der Waals surface area contributed by atoms with Gasteiger partial charge in [0.15, 0.2) is 0 Å². The number of nitrogens with zero attached hydrogens (tertiary/aromatic N) is 3. The fourth-order valence-corrected chi connectivity index (χ4v) is 1.97. The van der Waals surface area contributed by atoms with E-state index >= 15 is 0 Å². The van der Waals surface area contributed by atoms with E-state index in [-0.39, 0.29) is 11.8 Å². The molecule has 1 amide bonds. The number of β-amino-alcohol motifs (C(OH)–C–C–N with tert-alkyl or cyclic N) is 1. The third-order valence-corrected chi connectivity index (χ3v) is 3.23. The molecule has 2 atom stereocenters. The van der Waals surface area contributed by atoms with E-state index in [0.717, 1.165) is 12.1 Å². The van der Waals surface area contributed by atoms with Crippen molar-refractivity contribution in [2.24, 2.45) is 5.92 Å². The average molecular weight is 235 g/mol. The molecule has 2 heterocycles.